The van der Waals surface area contributed by atoms with Crippen molar-refractivity contribution in [3.63, 3.8) is 0 Å². The number of hydrogen-bond donors (Lipinski definition) is 2. The number of carboxylic acids is 1. The number of aromatic carboxylic acids is 1. The Balaban J connectivity index is 2.41. The number of rotatable bonds is 3. The molecule has 98 valence electrons. The molecule has 0 aliphatic carbocycles. The van der Waals surface area contributed by atoms with E-state index in [0.29, 0.717) is 4.47 Å². The van der Waals surface area contributed by atoms with E-state index in [2.05, 4.69) is 15.9 Å². The molecule has 8 heteroatoms. The van der Waals surface area contributed by atoms with Crippen LogP contribution in [0, 0.1) is 0 Å². The first-order valence-corrected chi connectivity index (χ1v) is 7.26. The van der Waals surface area contributed by atoms with Crippen molar-refractivity contribution >= 4 is 31.9 Å². The Labute approximate surface area is 112 Å². The number of hydrogen-bond acceptors (Lipinski definition) is 4. The summed E-state index contributed by atoms with van der Waals surface area (Å²) in [5.41, 5.74) is -0.107. The second kappa shape index (κ2) is 4.61. The Hall–Kier alpha value is -0.960. The first-order valence-electron chi connectivity index (χ1n) is 5.03. The van der Waals surface area contributed by atoms with Gasteiger partial charge in [0, 0.05) is 17.6 Å². The van der Waals surface area contributed by atoms with Gasteiger partial charge in [-0.1, -0.05) is 15.9 Å². The third-order valence-electron chi connectivity index (χ3n) is 2.58. The van der Waals surface area contributed by atoms with Crippen LogP contribution in [-0.2, 0) is 10.0 Å². The maximum atomic E-state index is 12.1. The lowest BCUT2D eigenvalue weighted by atomic mass is 10.2. The van der Waals surface area contributed by atoms with E-state index in [-0.39, 0.29) is 23.5 Å². The van der Waals surface area contributed by atoms with Crippen molar-refractivity contribution in [1.29, 1.82) is 0 Å². The third kappa shape index (κ3) is 2.41. The number of benzene rings is 1. The van der Waals surface area contributed by atoms with E-state index < -0.39 is 22.1 Å². The zero-order chi connectivity index (χ0) is 13.5. The van der Waals surface area contributed by atoms with Gasteiger partial charge in [-0.25, -0.2) is 13.2 Å². The summed E-state index contributed by atoms with van der Waals surface area (Å²) in [7, 11) is -3.73. The standard InChI is InChI=1S/C10H10BrNO5S/c11-7-1-6(10(14)15)2-9(3-7)18(16,17)12-4-8(13)5-12/h1-3,8,13H,4-5H2,(H,14,15). The number of nitrogens with zero attached hydrogens (tertiary/aromatic N) is 1. The van der Waals surface area contributed by atoms with E-state index in [1.165, 1.54) is 12.1 Å². The normalized spacial score (nSPS) is 17.4. The molecule has 0 spiro atoms. The van der Waals surface area contributed by atoms with Crippen molar-refractivity contribution in [3.05, 3.63) is 28.2 Å². The van der Waals surface area contributed by atoms with Gasteiger partial charge >= 0.3 is 5.97 Å². The molecule has 0 bridgehead atoms. The van der Waals surface area contributed by atoms with E-state index >= 15 is 0 Å². The molecule has 1 saturated heterocycles. The molecule has 6 nitrogen and oxygen atoms in total. The summed E-state index contributed by atoms with van der Waals surface area (Å²) in [5.74, 6) is -1.20. The predicted molar refractivity (Wildman–Crippen MR) is 65.9 cm³/mol. The highest BCUT2D eigenvalue weighted by atomic mass is 79.9. The second-order valence-corrected chi connectivity index (χ2v) is 6.81. The molecule has 1 heterocycles. The Morgan fingerprint density at radius 2 is 1.94 bits per heavy atom. The highest BCUT2D eigenvalue weighted by molar-refractivity contribution is 9.10. The van der Waals surface area contributed by atoms with Crippen molar-refractivity contribution in [1.82, 2.24) is 4.31 Å². The van der Waals surface area contributed by atoms with Crippen LogP contribution in [0.4, 0.5) is 0 Å². The van der Waals surface area contributed by atoms with Gasteiger partial charge in [-0.2, -0.15) is 4.31 Å². The molecule has 1 aromatic carbocycles. The van der Waals surface area contributed by atoms with Crippen molar-refractivity contribution in [2.24, 2.45) is 0 Å². The Morgan fingerprint density at radius 1 is 1.33 bits per heavy atom. The van der Waals surface area contributed by atoms with Crippen molar-refractivity contribution in [2.45, 2.75) is 11.0 Å². The fourth-order valence-electron chi connectivity index (χ4n) is 1.60. The number of halogens is 1. The lowest BCUT2D eigenvalue weighted by Gasteiger charge is -2.34. The lowest BCUT2D eigenvalue weighted by molar-refractivity contribution is 0.0547. The minimum absolute atomic E-state index is 0.0389. The molecule has 0 unspecified atom stereocenters. The molecular formula is C10H10BrNO5S. The molecule has 0 aromatic heterocycles. The zero-order valence-electron chi connectivity index (χ0n) is 9.08. The van der Waals surface area contributed by atoms with Gasteiger partial charge in [0.05, 0.1) is 16.6 Å². The summed E-state index contributed by atoms with van der Waals surface area (Å²) in [6.45, 7) is 0.0779. The van der Waals surface area contributed by atoms with Crippen LogP contribution in [-0.4, -0.2) is 48.1 Å². The largest absolute Gasteiger partial charge is 0.478 e. The maximum absolute atomic E-state index is 12.1. The summed E-state index contributed by atoms with van der Waals surface area (Å²) in [5, 5.41) is 18.0. The first kappa shape index (κ1) is 13.5. The van der Waals surface area contributed by atoms with Crippen LogP contribution < -0.4 is 0 Å². The topological polar surface area (TPSA) is 94.9 Å². The van der Waals surface area contributed by atoms with Crippen LogP contribution in [0.1, 0.15) is 10.4 Å². The van der Waals surface area contributed by atoms with Gasteiger partial charge in [0.2, 0.25) is 10.0 Å². The molecular weight excluding hydrogens is 326 g/mol. The van der Waals surface area contributed by atoms with E-state index in [1.807, 2.05) is 0 Å². The fraction of sp³-hybridized carbons (Fsp3) is 0.300. The van der Waals surface area contributed by atoms with Gasteiger partial charge in [-0.15, -0.1) is 0 Å². The lowest BCUT2D eigenvalue weighted by Crippen LogP contribution is -2.53. The number of β-amino-alcohol motifs (C(OH)–C–C–N with tert-alkyl or cyclic N) is 1. The SMILES string of the molecule is O=C(O)c1cc(Br)cc(S(=O)(=O)N2CC(O)C2)c1. The van der Waals surface area contributed by atoms with Crippen molar-refractivity contribution in [3.8, 4) is 0 Å². The molecule has 0 radical (unpaired) electrons. The van der Waals surface area contributed by atoms with Crippen LogP contribution >= 0.6 is 15.9 Å². The van der Waals surface area contributed by atoms with Crippen LogP contribution in [0.3, 0.4) is 0 Å². The summed E-state index contributed by atoms with van der Waals surface area (Å²) < 4.78 is 25.7. The number of carboxylic acid groups (broad SMARTS) is 1. The number of sulfonamides is 1. The van der Waals surface area contributed by atoms with Crippen LogP contribution in [0.25, 0.3) is 0 Å². The molecule has 1 aliphatic heterocycles. The number of aliphatic hydroxyl groups excluding tert-OH is 1. The summed E-state index contributed by atoms with van der Waals surface area (Å²) >= 11 is 3.08. The van der Waals surface area contributed by atoms with E-state index in [4.69, 9.17) is 10.2 Å². The summed E-state index contributed by atoms with van der Waals surface area (Å²) in [6.07, 6.45) is -0.647. The molecule has 0 saturated carbocycles. The molecule has 1 aliphatic rings. The second-order valence-electron chi connectivity index (χ2n) is 3.96. The maximum Gasteiger partial charge on any atom is 0.335 e. The van der Waals surface area contributed by atoms with Crippen LogP contribution in [0.5, 0.6) is 0 Å². The molecule has 0 atom stereocenters. The van der Waals surface area contributed by atoms with Crippen molar-refractivity contribution < 1.29 is 23.4 Å². The van der Waals surface area contributed by atoms with E-state index in [1.54, 1.807) is 0 Å². The van der Waals surface area contributed by atoms with E-state index in [9.17, 15) is 13.2 Å². The molecule has 0 amide bonds. The summed E-state index contributed by atoms with van der Waals surface area (Å²) in [4.78, 5) is 10.8. The quantitative estimate of drug-likeness (QED) is 0.839. The van der Waals surface area contributed by atoms with Crippen LogP contribution in [0.15, 0.2) is 27.6 Å². The number of carbonyl (C=O) groups is 1. The van der Waals surface area contributed by atoms with Crippen LogP contribution in [0.2, 0.25) is 0 Å². The first-order chi connectivity index (χ1) is 8.30. The zero-order valence-corrected chi connectivity index (χ0v) is 11.5. The van der Waals surface area contributed by atoms with Gasteiger partial charge < -0.3 is 10.2 Å². The highest BCUT2D eigenvalue weighted by Gasteiger charge is 2.36. The highest BCUT2D eigenvalue weighted by Crippen LogP contribution is 2.25. The average Bonchev–Trinajstić information content (AvgIpc) is 2.23. The summed E-state index contributed by atoms with van der Waals surface area (Å²) in [6, 6.07) is 3.77. The minimum Gasteiger partial charge on any atom is -0.478 e. The van der Waals surface area contributed by atoms with Gasteiger partial charge in [0.15, 0.2) is 0 Å². The molecule has 18 heavy (non-hydrogen) atoms. The average molecular weight is 336 g/mol. The molecule has 2 N–H and O–H groups in total. The van der Waals surface area contributed by atoms with E-state index in [0.717, 1.165) is 10.4 Å². The Kier molecular flexibility index (Phi) is 3.45. The Bertz CT molecular complexity index is 594. The molecule has 1 fully saturated rings. The van der Waals surface area contributed by atoms with Gasteiger partial charge in [-0.3, -0.25) is 0 Å². The molecule has 1 aromatic rings. The van der Waals surface area contributed by atoms with Crippen molar-refractivity contribution in [2.75, 3.05) is 13.1 Å². The van der Waals surface area contributed by atoms with Gasteiger partial charge in [0.25, 0.3) is 0 Å². The fourth-order valence-corrected chi connectivity index (χ4v) is 3.83. The van der Waals surface area contributed by atoms with Gasteiger partial charge in [-0.05, 0) is 18.2 Å². The molecule has 2 rings (SSSR count). The smallest absolute Gasteiger partial charge is 0.335 e. The predicted octanol–water partition coefficient (Wildman–Crippen LogP) is 0.513. The minimum atomic E-state index is -3.73. The Morgan fingerprint density at radius 3 is 2.44 bits per heavy atom. The monoisotopic (exact) mass is 335 g/mol. The van der Waals surface area contributed by atoms with Gasteiger partial charge in [0.1, 0.15) is 0 Å². The number of aliphatic hydroxyl groups is 1. The third-order valence-corrected chi connectivity index (χ3v) is 4.85.